The first-order valence-electron chi connectivity index (χ1n) is 8.74. The Bertz CT molecular complexity index is 487. The minimum Gasteiger partial charge on any atom is -0.333 e. The summed E-state index contributed by atoms with van der Waals surface area (Å²) in [5.74, 6) is 1.12. The van der Waals surface area contributed by atoms with Crippen molar-refractivity contribution in [2.24, 2.45) is 5.92 Å². The Kier molecular flexibility index (Phi) is 5.27. The van der Waals surface area contributed by atoms with Crippen LogP contribution in [0.1, 0.15) is 37.3 Å². The van der Waals surface area contributed by atoms with Gasteiger partial charge in [0.05, 0.1) is 0 Å². The van der Waals surface area contributed by atoms with Gasteiger partial charge in [-0.1, -0.05) is 0 Å². The number of H-pyrrole nitrogens is 1. The zero-order valence-electron chi connectivity index (χ0n) is 14.2. The van der Waals surface area contributed by atoms with E-state index in [0.717, 1.165) is 32.1 Å². The molecule has 2 aliphatic heterocycles. The second-order valence-corrected chi connectivity index (χ2v) is 7.00. The maximum Gasteiger partial charge on any atom is 0.291 e. The Morgan fingerprint density at radius 2 is 1.91 bits per heavy atom. The van der Waals surface area contributed by atoms with Gasteiger partial charge in [0.2, 0.25) is 5.82 Å². The van der Waals surface area contributed by atoms with Crippen LogP contribution in [-0.2, 0) is 0 Å². The Morgan fingerprint density at radius 3 is 2.48 bits per heavy atom. The number of carbonyl (C=O) groups is 1. The molecular weight excluding hydrogens is 292 g/mol. The molecule has 0 unspecified atom stereocenters. The van der Waals surface area contributed by atoms with E-state index >= 15 is 0 Å². The van der Waals surface area contributed by atoms with Gasteiger partial charge in [0.1, 0.15) is 6.33 Å². The number of nitrogens with zero attached hydrogens (tertiary/aromatic N) is 5. The molecular formula is C16H28N6O. The molecule has 1 aromatic heterocycles. The van der Waals surface area contributed by atoms with E-state index in [4.69, 9.17) is 0 Å². The number of nitrogens with one attached hydrogen (secondary N) is 1. The lowest BCUT2D eigenvalue weighted by atomic mass is 9.95. The quantitative estimate of drug-likeness (QED) is 0.884. The normalized spacial score (nSPS) is 22.0. The third kappa shape index (κ3) is 4.09. The molecule has 3 heterocycles. The first-order valence-corrected chi connectivity index (χ1v) is 8.74. The van der Waals surface area contributed by atoms with E-state index in [0.29, 0.717) is 11.9 Å². The third-order valence-corrected chi connectivity index (χ3v) is 5.17. The molecule has 2 fully saturated rings. The smallest absolute Gasteiger partial charge is 0.291 e. The number of piperidine rings is 1. The molecule has 0 atom stereocenters. The number of carbonyl (C=O) groups excluding carboxylic acids is 1. The largest absolute Gasteiger partial charge is 0.333 e. The minimum absolute atomic E-state index is 0.0348. The number of piperazine rings is 1. The molecule has 2 aliphatic rings. The summed E-state index contributed by atoms with van der Waals surface area (Å²) < 4.78 is 0. The van der Waals surface area contributed by atoms with Crippen LogP contribution in [0.15, 0.2) is 6.33 Å². The number of aromatic amines is 1. The zero-order valence-corrected chi connectivity index (χ0v) is 14.2. The van der Waals surface area contributed by atoms with Crippen LogP contribution in [0.5, 0.6) is 0 Å². The van der Waals surface area contributed by atoms with E-state index in [2.05, 4.69) is 38.8 Å². The van der Waals surface area contributed by atoms with Gasteiger partial charge in [0.15, 0.2) is 0 Å². The number of hydrogen-bond acceptors (Lipinski definition) is 5. The number of amides is 1. The fourth-order valence-corrected chi connectivity index (χ4v) is 3.61. The molecule has 0 aliphatic carbocycles. The molecule has 0 bridgehead atoms. The van der Waals surface area contributed by atoms with Crippen molar-refractivity contribution in [2.75, 3.05) is 45.8 Å². The highest BCUT2D eigenvalue weighted by Crippen LogP contribution is 2.20. The molecule has 2 saturated heterocycles. The molecule has 7 nitrogen and oxygen atoms in total. The fraction of sp³-hybridized carbons (Fsp3) is 0.812. The van der Waals surface area contributed by atoms with Crippen molar-refractivity contribution in [3.05, 3.63) is 12.2 Å². The number of likely N-dealkylation sites (tertiary alicyclic amines) is 1. The molecule has 1 N–H and O–H groups in total. The van der Waals surface area contributed by atoms with Gasteiger partial charge in [-0.05, 0) is 45.7 Å². The van der Waals surface area contributed by atoms with E-state index in [-0.39, 0.29) is 5.91 Å². The molecule has 23 heavy (non-hydrogen) atoms. The average Bonchev–Trinajstić information content (AvgIpc) is 3.10. The highest BCUT2D eigenvalue weighted by molar-refractivity contribution is 5.90. The summed E-state index contributed by atoms with van der Waals surface area (Å²) in [4.78, 5) is 23.1. The van der Waals surface area contributed by atoms with Crippen molar-refractivity contribution < 1.29 is 4.79 Å². The third-order valence-electron chi connectivity index (χ3n) is 5.17. The van der Waals surface area contributed by atoms with Crippen LogP contribution in [0.25, 0.3) is 0 Å². The molecule has 0 radical (unpaired) electrons. The van der Waals surface area contributed by atoms with Crippen LogP contribution >= 0.6 is 0 Å². The Morgan fingerprint density at radius 1 is 1.22 bits per heavy atom. The van der Waals surface area contributed by atoms with Gasteiger partial charge in [0, 0.05) is 38.8 Å². The second kappa shape index (κ2) is 7.40. The monoisotopic (exact) mass is 320 g/mol. The van der Waals surface area contributed by atoms with E-state index in [9.17, 15) is 4.79 Å². The van der Waals surface area contributed by atoms with Crippen LogP contribution < -0.4 is 0 Å². The molecule has 7 heteroatoms. The van der Waals surface area contributed by atoms with Crippen LogP contribution in [-0.4, -0.2) is 87.6 Å². The summed E-state index contributed by atoms with van der Waals surface area (Å²) in [7, 11) is 0. The average molecular weight is 320 g/mol. The molecule has 3 rings (SSSR count). The van der Waals surface area contributed by atoms with Crippen molar-refractivity contribution in [3.63, 3.8) is 0 Å². The molecule has 1 aromatic rings. The number of hydrogen-bond donors (Lipinski definition) is 1. The second-order valence-electron chi connectivity index (χ2n) is 7.00. The predicted octanol–water partition coefficient (Wildman–Crippen LogP) is 0.683. The van der Waals surface area contributed by atoms with Gasteiger partial charge in [-0.2, -0.15) is 5.10 Å². The lowest BCUT2D eigenvalue weighted by Gasteiger charge is -2.39. The van der Waals surface area contributed by atoms with E-state index in [1.165, 1.54) is 38.8 Å². The Labute approximate surface area is 138 Å². The van der Waals surface area contributed by atoms with Gasteiger partial charge in [0.25, 0.3) is 5.91 Å². The van der Waals surface area contributed by atoms with E-state index in [1.54, 1.807) is 0 Å². The van der Waals surface area contributed by atoms with Crippen LogP contribution in [0.4, 0.5) is 0 Å². The first kappa shape index (κ1) is 16.4. The predicted molar refractivity (Wildman–Crippen MR) is 88.2 cm³/mol. The SMILES string of the molecule is CC(C)N1CCC(CN2CCN(C(=O)c3ncn[nH]3)CC2)CC1. The van der Waals surface area contributed by atoms with Crippen LogP contribution in [0, 0.1) is 5.92 Å². The van der Waals surface area contributed by atoms with Gasteiger partial charge < -0.3 is 9.80 Å². The fourth-order valence-electron chi connectivity index (χ4n) is 3.61. The van der Waals surface area contributed by atoms with Crippen LogP contribution in [0.3, 0.4) is 0 Å². The summed E-state index contributed by atoms with van der Waals surface area (Å²) >= 11 is 0. The summed E-state index contributed by atoms with van der Waals surface area (Å²) in [5.41, 5.74) is 0. The summed E-state index contributed by atoms with van der Waals surface area (Å²) in [6.45, 7) is 11.7. The summed E-state index contributed by atoms with van der Waals surface area (Å²) in [5, 5.41) is 6.40. The molecule has 0 spiro atoms. The molecule has 0 saturated carbocycles. The van der Waals surface area contributed by atoms with Gasteiger partial charge >= 0.3 is 0 Å². The zero-order chi connectivity index (χ0) is 16.2. The Balaban J connectivity index is 1.41. The van der Waals surface area contributed by atoms with Crippen molar-refractivity contribution in [3.8, 4) is 0 Å². The topological polar surface area (TPSA) is 68.4 Å². The Hall–Kier alpha value is -1.47. The lowest BCUT2D eigenvalue weighted by molar-refractivity contribution is 0.0567. The van der Waals surface area contributed by atoms with Gasteiger partial charge in [-0.15, -0.1) is 0 Å². The van der Waals surface area contributed by atoms with Crippen LogP contribution in [0.2, 0.25) is 0 Å². The highest BCUT2D eigenvalue weighted by Gasteiger charge is 2.27. The number of aromatic nitrogens is 3. The lowest BCUT2D eigenvalue weighted by Crippen LogP contribution is -2.51. The standard InChI is InChI=1S/C16H28N6O/c1-13(2)21-5-3-14(4-6-21)11-20-7-9-22(10-8-20)16(23)15-17-12-18-19-15/h12-14H,3-11H2,1-2H3,(H,17,18,19). The van der Waals surface area contributed by atoms with Gasteiger partial charge in [-0.25, -0.2) is 4.98 Å². The summed E-state index contributed by atoms with van der Waals surface area (Å²) in [6, 6.07) is 0.668. The minimum atomic E-state index is -0.0348. The van der Waals surface area contributed by atoms with E-state index < -0.39 is 0 Å². The molecule has 1 amide bonds. The van der Waals surface area contributed by atoms with Gasteiger partial charge in [-0.3, -0.25) is 14.8 Å². The van der Waals surface area contributed by atoms with Crippen molar-refractivity contribution in [2.45, 2.75) is 32.7 Å². The van der Waals surface area contributed by atoms with E-state index in [1.807, 2.05) is 4.90 Å². The van der Waals surface area contributed by atoms with Crippen molar-refractivity contribution >= 4 is 5.91 Å². The van der Waals surface area contributed by atoms with Crippen molar-refractivity contribution in [1.82, 2.24) is 29.9 Å². The highest BCUT2D eigenvalue weighted by atomic mass is 16.2. The molecule has 128 valence electrons. The first-order chi connectivity index (χ1) is 11.1. The molecule has 0 aromatic carbocycles. The summed E-state index contributed by atoms with van der Waals surface area (Å²) in [6.07, 6.45) is 3.98. The van der Waals surface area contributed by atoms with Crippen molar-refractivity contribution in [1.29, 1.82) is 0 Å². The number of rotatable bonds is 4. The maximum atomic E-state index is 12.2. The maximum absolute atomic E-state index is 12.2.